The number of ether oxygens (including phenoxy) is 1. The van der Waals surface area contributed by atoms with Gasteiger partial charge in [0.15, 0.2) is 15.6 Å². The Morgan fingerprint density at radius 3 is 2.38 bits per heavy atom. The number of hydrogen-bond donors (Lipinski definition) is 0. The van der Waals surface area contributed by atoms with Gasteiger partial charge in [-0.2, -0.15) is 0 Å². The fourth-order valence-corrected chi connectivity index (χ4v) is 2.70. The zero-order chi connectivity index (χ0) is 15.6. The lowest BCUT2D eigenvalue weighted by atomic mass is 10.0. The van der Waals surface area contributed by atoms with Crippen molar-refractivity contribution >= 4 is 27.2 Å². The molecule has 0 aliphatic heterocycles. The molecule has 110 valence electrons. The molecule has 0 fully saturated rings. The lowest BCUT2D eigenvalue weighted by molar-refractivity contribution is 0.103. The van der Waals surface area contributed by atoms with Crippen molar-refractivity contribution in [1.82, 2.24) is 0 Å². The van der Waals surface area contributed by atoms with E-state index in [4.69, 9.17) is 16.3 Å². The molecule has 0 radical (unpaired) electrons. The van der Waals surface area contributed by atoms with Gasteiger partial charge < -0.3 is 4.74 Å². The van der Waals surface area contributed by atoms with E-state index >= 15 is 0 Å². The standard InChI is InChI=1S/C15H13ClO4S/c1-20-14-9-11(6-7-13(14)16)15(17)10-4-3-5-12(8-10)21(2,18)19/h3-9H,1-2H3. The summed E-state index contributed by atoms with van der Waals surface area (Å²) < 4.78 is 28.2. The van der Waals surface area contributed by atoms with E-state index in [0.717, 1.165) is 6.26 Å². The maximum atomic E-state index is 12.4. The van der Waals surface area contributed by atoms with Gasteiger partial charge in [-0.3, -0.25) is 4.79 Å². The molecular weight excluding hydrogens is 312 g/mol. The third-order valence-corrected chi connectivity index (χ3v) is 4.36. The fourth-order valence-electron chi connectivity index (χ4n) is 1.84. The predicted molar refractivity (Wildman–Crippen MR) is 81.0 cm³/mol. The average molecular weight is 325 g/mol. The summed E-state index contributed by atoms with van der Waals surface area (Å²) in [6, 6.07) is 10.6. The lowest BCUT2D eigenvalue weighted by Gasteiger charge is -2.07. The summed E-state index contributed by atoms with van der Waals surface area (Å²) in [6.07, 6.45) is 1.10. The van der Waals surface area contributed by atoms with Gasteiger partial charge in [-0.1, -0.05) is 23.7 Å². The minimum atomic E-state index is -3.36. The summed E-state index contributed by atoms with van der Waals surface area (Å²) in [7, 11) is -1.90. The van der Waals surface area contributed by atoms with Gasteiger partial charge in [-0.05, 0) is 30.3 Å². The van der Waals surface area contributed by atoms with E-state index in [1.165, 1.54) is 31.4 Å². The number of benzene rings is 2. The normalized spacial score (nSPS) is 11.2. The highest BCUT2D eigenvalue weighted by atomic mass is 35.5. The highest BCUT2D eigenvalue weighted by Gasteiger charge is 2.14. The zero-order valence-corrected chi connectivity index (χ0v) is 13.0. The molecule has 0 saturated heterocycles. The maximum absolute atomic E-state index is 12.4. The molecule has 2 aromatic carbocycles. The molecule has 2 rings (SSSR count). The van der Waals surface area contributed by atoms with E-state index in [0.29, 0.717) is 21.9 Å². The first kappa shape index (κ1) is 15.5. The van der Waals surface area contributed by atoms with Crippen LogP contribution in [0.1, 0.15) is 15.9 Å². The molecule has 0 saturated carbocycles. The monoisotopic (exact) mass is 324 g/mol. The second-order valence-corrected chi connectivity index (χ2v) is 6.90. The minimum absolute atomic E-state index is 0.106. The molecular formula is C15H13ClO4S. The summed E-state index contributed by atoms with van der Waals surface area (Å²) in [6.45, 7) is 0. The van der Waals surface area contributed by atoms with Gasteiger partial charge in [-0.15, -0.1) is 0 Å². The number of carbonyl (C=O) groups is 1. The van der Waals surface area contributed by atoms with Gasteiger partial charge in [0.2, 0.25) is 0 Å². The average Bonchev–Trinajstić information content (AvgIpc) is 2.46. The van der Waals surface area contributed by atoms with Gasteiger partial charge in [0.25, 0.3) is 0 Å². The number of rotatable bonds is 4. The summed E-state index contributed by atoms with van der Waals surface area (Å²) in [5.74, 6) is 0.0947. The Morgan fingerprint density at radius 2 is 1.76 bits per heavy atom. The van der Waals surface area contributed by atoms with Gasteiger partial charge in [0.05, 0.1) is 17.0 Å². The van der Waals surface area contributed by atoms with Crippen LogP contribution >= 0.6 is 11.6 Å². The quantitative estimate of drug-likeness (QED) is 0.811. The number of halogens is 1. The third kappa shape index (κ3) is 3.43. The predicted octanol–water partition coefficient (Wildman–Crippen LogP) is 2.98. The van der Waals surface area contributed by atoms with Crippen molar-refractivity contribution in [2.24, 2.45) is 0 Å². The van der Waals surface area contributed by atoms with Crippen molar-refractivity contribution in [1.29, 1.82) is 0 Å². The molecule has 0 aliphatic rings. The van der Waals surface area contributed by atoms with Crippen LogP contribution in [0.3, 0.4) is 0 Å². The lowest BCUT2D eigenvalue weighted by Crippen LogP contribution is -2.04. The van der Waals surface area contributed by atoms with Gasteiger partial charge in [0.1, 0.15) is 5.75 Å². The van der Waals surface area contributed by atoms with Crippen molar-refractivity contribution in [2.45, 2.75) is 4.90 Å². The first-order valence-corrected chi connectivity index (χ1v) is 8.28. The topological polar surface area (TPSA) is 60.4 Å². The molecule has 4 nitrogen and oxygen atoms in total. The molecule has 6 heteroatoms. The van der Waals surface area contributed by atoms with Crippen LogP contribution in [-0.4, -0.2) is 27.6 Å². The molecule has 0 heterocycles. The number of carbonyl (C=O) groups excluding carboxylic acids is 1. The SMILES string of the molecule is COc1cc(C(=O)c2cccc(S(C)(=O)=O)c2)ccc1Cl. The van der Waals surface area contributed by atoms with Crippen molar-refractivity contribution in [3.05, 3.63) is 58.6 Å². The molecule has 0 aromatic heterocycles. The Balaban J connectivity index is 2.45. The smallest absolute Gasteiger partial charge is 0.193 e. The van der Waals surface area contributed by atoms with Crippen LogP contribution in [0.2, 0.25) is 5.02 Å². The first-order valence-electron chi connectivity index (χ1n) is 6.01. The zero-order valence-electron chi connectivity index (χ0n) is 11.5. The maximum Gasteiger partial charge on any atom is 0.193 e. The van der Waals surface area contributed by atoms with Crippen LogP contribution < -0.4 is 4.74 Å². The van der Waals surface area contributed by atoms with Crippen LogP contribution in [-0.2, 0) is 9.84 Å². The number of methoxy groups -OCH3 is 1. The van der Waals surface area contributed by atoms with E-state index in [1.54, 1.807) is 18.2 Å². The van der Waals surface area contributed by atoms with Crippen LogP contribution in [0, 0.1) is 0 Å². The second-order valence-electron chi connectivity index (χ2n) is 4.48. The number of ketones is 1. The van der Waals surface area contributed by atoms with Crippen molar-refractivity contribution in [2.75, 3.05) is 13.4 Å². The molecule has 0 N–H and O–H groups in total. The molecule has 0 aliphatic carbocycles. The number of hydrogen-bond acceptors (Lipinski definition) is 4. The van der Waals surface area contributed by atoms with Crippen LogP contribution in [0.15, 0.2) is 47.4 Å². The van der Waals surface area contributed by atoms with E-state index < -0.39 is 9.84 Å². The van der Waals surface area contributed by atoms with E-state index in [9.17, 15) is 13.2 Å². The van der Waals surface area contributed by atoms with Crippen LogP contribution in [0.4, 0.5) is 0 Å². The van der Waals surface area contributed by atoms with Gasteiger partial charge in [-0.25, -0.2) is 8.42 Å². The van der Waals surface area contributed by atoms with E-state index in [-0.39, 0.29) is 10.7 Å². The van der Waals surface area contributed by atoms with E-state index in [2.05, 4.69) is 0 Å². The van der Waals surface area contributed by atoms with Crippen molar-refractivity contribution in [3.8, 4) is 5.75 Å². The van der Waals surface area contributed by atoms with Crippen LogP contribution in [0.25, 0.3) is 0 Å². The highest BCUT2D eigenvalue weighted by molar-refractivity contribution is 7.90. The second kappa shape index (κ2) is 5.87. The highest BCUT2D eigenvalue weighted by Crippen LogP contribution is 2.26. The van der Waals surface area contributed by atoms with Crippen molar-refractivity contribution in [3.63, 3.8) is 0 Å². The molecule has 0 spiro atoms. The Morgan fingerprint density at radius 1 is 1.10 bits per heavy atom. The summed E-state index contributed by atoms with van der Waals surface area (Å²) in [4.78, 5) is 12.5. The molecule has 21 heavy (non-hydrogen) atoms. The Labute approximate surface area is 128 Å². The molecule has 0 atom stereocenters. The third-order valence-electron chi connectivity index (χ3n) is 2.94. The van der Waals surface area contributed by atoms with E-state index in [1.807, 2.05) is 0 Å². The minimum Gasteiger partial charge on any atom is -0.495 e. The summed E-state index contributed by atoms with van der Waals surface area (Å²) in [5.41, 5.74) is 0.671. The Bertz CT molecular complexity index is 797. The molecule has 2 aromatic rings. The molecule has 0 bridgehead atoms. The largest absolute Gasteiger partial charge is 0.495 e. The Kier molecular flexibility index (Phi) is 4.34. The van der Waals surface area contributed by atoms with Gasteiger partial charge >= 0.3 is 0 Å². The van der Waals surface area contributed by atoms with Gasteiger partial charge in [0, 0.05) is 17.4 Å². The summed E-state index contributed by atoms with van der Waals surface area (Å²) >= 11 is 5.92. The number of sulfone groups is 1. The first-order chi connectivity index (χ1) is 9.82. The van der Waals surface area contributed by atoms with Crippen molar-refractivity contribution < 1.29 is 17.9 Å². The summed E-state index contributed by atoms with van der Waals surface area (Å²) in [5, 5.41) is 0.402. The molecule has 0 unspecified atom stereocenters. The molecule has 0 amide bonds. The Hall–Kier alpha value is -1.85. The van der Waals surface area contributed by atoms with Crippen LogP contribution in [0.5, 0.6) is 5.75 Å². The fraction of sp³-hybridized carbons (Fsp3) is 0.133.